The summed E-state index contributed by atoms with van der Waals surface area (Å²) in [6.07, 6.45) is 5.78. The highest BCUT2D eigenvalue weighted by atomic mass is 32.2. The second-order valence-electron chi connectivity index (χ2n) is 14.9. The summed E-state index contributed by atoms with van der Waals surface area (Å²) in [7, 11) is -2.57. The van der Waals surface area contributed by atoms with Gasteiger partial charge in [-0.15, -0.1) is 0 Å². The van der Waals surface area contributed by atoms with Gasteiger partial charge in [-0.3, -0.25) is 19.1 Å². The summed E-state index contributed by atoms with van der Waals surface area (Å²) in [5.74, 6) is -3.11. The zero-order valence-electron chi connectivity index (χ0n) is 29.7. The Bertz CT molecular complexity index is 1900. The number of rotatable bonds is 8. The molecule has 3 heterocycles. The molecule has 1 aromatic carbocycles. The molecule has 2 aliphatic heterocycles. The van der Waals surface area contributed by atoms with Crippen LogP contribution in [0.15, 0.2) is 36.5 Å². The van der Waals surface area contributed by atoms with Gasteiger partial charge in [0.15, 0.2) is 0 Å². The average Bonchev–Trinajstić information content (AvgIpc) is 3.98. The number of pyridine rings is 1. The summed E-state index contributed by atoms with van der Waals surface area (Å²) in [5, 5.41) is 15.6. The molecule has 2 aromatic rings. The van der Waals surface area contributed by atoms with Crippen LogP contribution in [0, 0.1) is 23.6 Å². The van der Waals surface area contributed by atoms with Gasteiger partial charge in [0.05, 0.1) is 24.6 Å². The fourth-order valence-corrected chi connectivity index (χ4v) is 8.80. The van der Waals surface area contributed by atoms with Gasteiger partial charge in [0.2, 0.25) is 27.7 Å². The smallest absolute Gasteiger partial charge is 0.405 e. The lowest BCUT2D eigenvalue weighted by molar-refractivity contribution is -0.142. The Labute approximate surface area is 301 Å². The van der Waals surface area contributed by atoms with Gasteiger partial charge in [0, 0.05) is 23.1 Å². The first kappa shape index (κ1) is 37.3. The molecule has 16 heteroatoms. The maximum Gasteiger partial charge on any atom is 0.405 e. The summed E-state index contributed by atoms with van der Waals surface area (Å²) >= 11 is 0. The minimum Gasteiger partial charge on any atom is -0.497 e. The molecule has 2 saturated carbocycles. The number of hydrogen-bond acceptors (Lipinski definition) is 9. The number of fused-ring (bicyclic) bond motifs is 3. The van der Waals surface area contributed by atoms with Crippen LogP contribution in [0.25, 0.3) is 10.8 Å². The Kier molecular flexibility index (Phi) is 10.2. The van der Waals surface area contributed by atoms with Gasteiger partial charge in [0.1, 0.15) is 35.3 Å². The van der Waals surface area contributed by atoms with E-state index in [0.717, 1.165) is 12.6 Å². The van der Waals surface area contributed by atoms with Gasteiger partial charge in [-0.2, -0.15) is 0 Å². The van der Waals surface area contributed by atoms with E-state index >= 15 is 0 Å². The normalized spacial score (nSPS) is 30.2. The van der Waals surface area contributed by atoms with Crippen LogP contribution in [-0.2, 0) is 24.4 Å². The molecule has 0 spiro atoms. The first-order chi connectivity index (χ1) is 24.6. The number of methoxy groups -OCH3 is 1. The molecular formula is C36H46FN5O9S. The van der Waals surface area contributed by atoms with Crippen molar-refractivity contribution in [2.45, 2.75) is 101 Å². The van der Waals surface area contributed by atoms with Gasteiger partial charge in [-0.25, -0.2) is 22.6 Å². The Morgan fingerprint density at radius 1 is 1.19 bits per heavy atom. The van der Waals surface area contributed by atoms with E-state index in [9.17, 15) is 37.1 Å². The van der Waals surface area contributed by atoms with E-state index in [2.05, 4.69) is 20.3 Å². The second-order valence-corrected chi connectivity index (χ2v) is 17.1. The molecule has 0 unspecified atom stereocenters. The molecule has 52 heavy (non-hydrogen) atoms. The average molecular weight is 744 g/mol. The molecule has 282 valence electrons. The molecular weight excluding hydrogens is 697 g/mol. The number of carboxylic acid groups (broad SMARTS) is 1. The van der Waals surface area contributed by atoms with Crippen LogP contribution in [0.2, 0.25) is 0 Å². The predicted octanol–water partition coefficient (Wildman–Crippen LogP) is 3.64. The standard InChI is InChI=1S/C36H46FN5O9S/c1-5-21-14-20(2)8-6-7-9-22-17-36(22,33(45)41-52(48,49)35(3)12-13-35)40-30(43)28-16-24(19-42(28)32(44)29(21)39-34(46)47)51-31-25-11-10-23(50-4)15-26(25)27(37)18-38-31/h7,9-11,15,18,20-22,24,28-29,39H,5-6,8,12-14,16-17,19H2,1-4H3,(H,40,43)(H,41,45)(H,46,47)/t20-,21-,22-,24-,28+,29+,36-/m1/s1. The van der Waals surface area contributed by atoms with Crippen molar-refractivity contribution >= 4 is 44.6 Å². The van der Waals surface area contributed by atoms with E-state index in [0.29, 0.717) is 43.2 Å². The maximum absolute atomic E-state index is 14.8. The van der Waals surface area contributed by atoms with Gasteiger partial charge in [0.25, 0.3) is 5.91 Å². The molecule has 1 saturated heterocycles. The first-order valence-corrected chi connectivity index (χ1v) is 19.2. The lowest BCUT2D eigenvalue weighted by Gasteiger charge is -2.33. The second kappa shape index (κ2) is 14.2. The SMILES string of the molecule is CC[C@@H]1C[C@H](C)CCC=C[C@@H]2C[C@@]2(C(=O)NS(=O)(=O)C2(C)CC2)NC(=O)[C@@H]2C[C@@H](Oc3ncc(F)c4cc(OC)ccc34)CN2C(=O)[C@H]1NC(=O)O. The van der Waals surface area contributed by atoms with E-state index in [1.54, 1.807) is 19.1 Å². The summed E-state index contributed by atoms with van der Waals surface area (Å²) in [4.78, 5) is 60.1. The summed E-state index contributed by atoms with van der Waals surface area (Å²) in [5.41, 5.74) is -1.58. The van der Waals surface area contributed by atoms with Crippen molar-refractivity contribution in [1.82, 2.24) is 25.2 Å². The number of sulfonamides is 1. The van der Waals surface area contributed by atoms with Crippen molar-refractivity contribution in [3.05, 3.63) is 42.4 Å². The van der Waals surface area contributed by atoms with Gasteiger partial charge in [-0.1, -0.05) is 32.4 Å². The fraction of sp³-hybridized carbons (Fsp3) is 0.583. The van der Waals surface area contributed by atoms with E-state index in [4.69, 9.17) is 9.47 Å². The van der Waals surface area contributed by atoms with Crippen molar-refractivity contribution in [2.24, 2.45) is 17.8 Å². The Hall–Kier alpha value is -4.47. The first-order valence-electron chi connectivity index (χ1n) is 17.8. The van der Waals surface area contributed by atoms with Crippen molar-refractivity contribution in [1.29, 1.82) is 0 Å². The number of amides is 4. The zero-order valence-corrected chi connectivity index (χ0v) is 30.5. The third-order valence-corrected chi connectivity index (χ3v) is 13.3. The van der Waals surface area contributed by atoms with E-state index in [-0.39, 0.29) is 36.6 Å². The molecule has 6 rings (SSSR count). The number of halogens is 1. The molecule has 0 radical (unpaired) electrons. The van der Waals surface area contributed by atoms with Crippen molar-refractivity contribution in [2.75, 3.05) is 13.7 Å². The number of allylic oxidation sites excluding steroid dienone is 1. The molecule has 14 nitrogen and oxygen atoms in total. The van der Waals surface area contributed by atoms with Gasteiger partial charge >= 0.3 is 6.09 Å². The van der Waals surface area contributed by atoms with Gasteiger partial charge < -0.3 is 30.1 Å². The highest BCUT2D eigenvalue weighted by Gasteiger charge is 2.63. The highest BCUT2D eigenvalue weighted by molar-refractivity contribution is 7.91. The Morgan fingerprint density at radius 2 is 1.94 bits per heavy atom. The van der Waals surface area contributed by atoms with Crippen LogP contribution >= 0.6 is 0 Å². The number of nitrogens with one attached hydrogen (secondary N) is 3. The topological polar surface area (TPSA) is 193 Å². The van der Waals surface area contributed by atoms with Crippen LogP contribution < -0.4 is 24.8 Å². The molecule has 0 bridgehead atoms. The van der Waals surface area contributed by atoms with E-state index in [1.165, 1.54) is 18.1 Å². The number of ether oxygens (including phenoxy) is 2. The van der Waals surface area contributed by atoms with Crippen LogP contribution in [0.5, 0.6) is 11.6 Å². The third kappa shape index (κ3) is 7.26. The lowest BCUT2D eigenvalue weighted by atomic mass is 9.85. The minimum absolute atomic E-state index is 0.0575. The fourth-order valence-electron chi connectivity index (χ4n) is 7.49. The number of aromatic nitrogens is 1. The number of nitrogens with zero attached hydrogens (tertiary/aromatic N) is 2. The monoisotopic (exact) mass is 743 g/mol. The van der Waals surface area contributed by atoms with Crippen molar-refractivity contribution in [3.8, 4) is 11.6 Å². The Morgan fingerprint density at radius 3 is 2.62 bits per heavy atom. The summed E-state index contributed by atoms with van der Waals surface area (Å²) < 4.78 is 53.7. The van der Waals surface area contributed by atoms with Crippen molar-refractivity contribution < 1.29 is 46.6 Å². The number of benzene rings is 1. The molecule has 4 amide bonds. The lowest BCUT2D eigenvalue weighted by Crippen LogP contribution is -2.59. The number of carbonyl (C=O) groups is 4. The van der Waals surface area contributed by atoms with E-state index in [1.807, 2.05) is 26.0 Å². The number of carbonyl (C=O) groups excluding carboxylic acids is 3. The van der Waals surface area contributed by atoms with Gasteiger partial charge in [-0.05, 0) is 75.5 Å². The molecule has 4 aliphatic rings. The summed E-state index contributed by atoms with van der Waals surface area (Å²) in [6.45, 7) is 5.32. The largest absolute Gasteiger partial charge is 0.497 e. The molecule has 3 fully saturated rings. The maximum atomic E-state index is 14.8. The Balaban J connectivity index is 1.35. The zero-order chi connectivity index (χ0) is 37.6. The molecule has 2 aliphatic carbocycles. The summed E-state index contributed by atoms with van der Waals surface area (Å²) in [6, 6.07) is 2.29. The molecule has 1 aromatic heterocycles. The third-order valence-electron chi connectivity index (χ3n) is 11.2. The van der Waals surface area contributed by atoms with Crippen LogP contribution in [-0.4, -0.2) is 89.4 Å². The molecule has 7 atom stereocenters. The molecule has 4 N–H and O–H groups in total. The number of hydrogen-bond donors (Lipinski definition) is 4. The van der Waals surface area contributed by atoms with E-state index < -0.39 is 80.0 Å². The van der Waals surface area contributed by atoms with Crippen molar-refractivity contribution in [3.63, 3.8) is 0 Å². The van der Waals surface area contributed by atoms with Crippen LogP contribution in [0.3, 0.4) is 0 Å². The van der Waals surface area contributed by atoms with Crippen LogP contribution in [0.1, 0.15) is 72.1 Å². The predicted molar refractivity (Wildman–Crippen MR) is 187 cm³/mol. The minimum atomic E-state index is -4.03. The highest BCUT2D eigenvalue weighted by Crippen LogP contribution is 2.47. The van der Waals surface area contributed by atoms with Crippen LogP contribution in [0.4, 0.5) is 9.18 Å². The quantitative estimate of drug-likeness (QED) is 0.290.